The van der Waals surface area contributed by atoms with Crippen LogP contribution in [-0.2, 0) is 9.05 Å². The van der Waals surface area contributed by atoms with Gasteiger partial charge in [-0.1, -0.05) is 56.2 Å². The van der Waals surface area contributed by atoms with Gasteiger partial charge in [0.1, 0.15) is 5.76 Å². The first-order valence-corrected chi connectivity index (χ1v) is 11.7. The van der Waals surface area contributed by atoms with Crippen molar-refractivity contribution in [1.29, 1.82) is 0 Å². The minimum Gasteiger partial charge on any atom is -0.430 e. The molecule has 0 amide bonds. The molecule has 0 spiro atoms. The van der Waals surface area contributed by atoms with Gasteiger partial charge in [0.25, 0.3) is 0 Å². The second-order valence-corrected chi connectivity index (χ2v) is 10.2. The van der Waals surface area contributed by atoms with Crippen LogP contribution in [0.2, 0.25) is 0 Å². The van der Waals surface area contributed by atoms with Gasteiger partial charge >= 0.3 is 8.60 Å². The molecule has 2 rings (SSSR count). The van der Waals surface area contributed by atoms with E-state index in [-0.39, 0.29) is 5.41 Å². The molecule has 30 heavy (non-hydrogen) atoms. The first kappa shape index (κ1) is 24.6. The first-order chi connectivity index (χ1) is 13.9. The van der Waals surface area contributed by atoms with Gasteiger partial charge in [0, 0.05) is 11.0 Å². The van der Waals surface area contributed by atoms with Crippen molar-refractivity contribution in [2.75, 3.05) is 6.61 Å². The van der Waals surface area contributed by atoms with Crippen LogP contribution in [0.5, 0.6) is 0 Å². The lowest BCUT2D eigenvalue weighted by atomic mass is 9.79. The summed E-state index contributed by atoms with van der Waals surface area (Å²) in [7, 11) is -2.01. The van der Waals surface area contributed by atoms with Crippen molar-refractivity contribution in [3.63, 3.8) is 0 Å². The standard InChI is InChI=1S/C26H37O3P/c1-11-28-30(27)29-25(26(8,9)10)24(22-18(4)12-16(2)13-19(22)5)23-20(6)14-17(3)15-21(23)7/h12-15,27H,11H2,1-10H3. The quantitative estimate of drug-likeness (QED) is 0.380. The highest BCUT2D eigenvalue weighted by Gasteiger charge is 2.31. The van der Waals surface area contributed by atoms with Gasteiger partial charge in [-0.3, -0.25) is 0 Å². The highest BCUT2D eigenvalue weighted by molar-refractivity contribution is 7.40. The topological polar surface area (TPSA) is 38.7 Å². The molecule has 0 aromatic heterocycles. The highest BCUT2D eigenvalue weighted by Crippen LogP contribution is 2.48. The molecule has 0 radical (unpaired) electrons. The van der Waals surface area contributed by atoms with Crippen LogP contribution in [0.25, 0.3) is 5.57 Å². The van der Waals surface area contributed by atoms with Gasteiger partial charge in [-0.2, -0.15) is 0 Å². The maximum absolute atomic E-state index is 10.5. The fourth-order valence-corrected chi connectivity index (χ4v) is 5.07. The summed E-state index contributed by atoms with van der Waals surface area (Å²) in [6, 6.07) is 8.86. The lowest BCUT2D eigenvalue weighted by Crippen LogP contribution is -2.16. The van der Waals surface area contributed by atoms with E-state index in [2.05, 4.69) is 86.6 Å². The van der Waals surface area contributed by atoms with Gasteiger partial charge in [-0.15, -0.1) is 0 Å². The van der Waals surface area contributed by atoms with Crippen molar-refractivity contribution in [3.05, 3.63) is 74.5 Å². The van der Waals surface area contributed by atoms with E-state index in [1.807, 2.05) is 6.92 Å². The molecule has 0 heterocycles. The summed E-state index contributed by atoms with van der Waals surface area (Å²) in [6.45, 7) is 21.5. The highest BCUT2D eigenvalue weighted by atomic mass is 31.2. The van der Waals surface area contributed by atoms with Crippen LogP contribution >= 0.6 is 8.60 Å². The average Bonchev–Trinajstić information content (AvgIpc) is 2.56. The van der Waals surface area contributed by atoms with Crippen LogP contribution in [0.3, 0.4) is 0 Å². The predicted octanol–water partition coefficient (Wildman–Crippen LogP) is 7.61. The maximum Gasteiger partial charge on any atom is 0.394 e. The van der Waals surface area contributed by atoms with E-state index < -0.39 is 8.60 Å². The van der Waals surface area contributed by atoms with Crippen molar-refractivity contribution < 1.29 is 13.9 Å². The smallest absolute Gasteiger partial charge is 0.394 e. The van der Waals surface area contributed by atoms with Gasteiger partial charge < -0.3 is 13.9 Å². The maximum atomic E-state index is 10.5. The molecule has 3 nitrogen and oxygen atoms in total. The Bertz CT molecular complexity index is 846. The fraction of sp³-hybridized carbons (Fsp3) is 0.462. The Labute approximate surface area is 184 Å². The second kappa shape index (κ2) is 9.64. The number of hydrogen-bond donors (Lipinski definition) is 1. The van der Waals surface area contributed by atoms with Gasteiger partial charge in [0.05, 0.1) is 6.61 Å². The van der Waals surface area contributed by atoms with Gasteiger partial charge in [-0.05, 0) is 81.8 Å². The van der Waals surface area contributed by atoms with Crippen LogP contribution in [0.1, 0.15) is 72.2 Å². The molecule has 0 saturated carbocycles. The van der Waals surface area contributed by atoms with Crippen LogP contribution in [0.4, 0.5) is 0 Å². The largest absolute Gasteiger partial charge is 0.430 e. The van der Waals surface area contributed by atoms with Gasteiger partial charge in [0.2, 0.25) is 0 Å². The number of aryl methyl sites for hydroxylation is 6. The van der Waals surface area contributed by atoms with Crippen molar-refractivity contribution in [2.24, 2.45) is 5.41 Å². The molecule has 0 fully saturated rings. The third kappa shape index (κ3) is 5.52. The number of hydrogen-bond acceptors (Lipinski definition) is 3. The van der Waals surface area contributed by atoms with E-state index in [9.17, 15) is 4.89 Å². The van der Waals surface area contributed by atoms with Crippen LogP contribution in [0, 0.1) is 47.0 Å². The molecular weight excluding hydrogens is 391 g/mol. The summed E-state index contributed by atoms with van der Waals surface area (Å²) in [4.78, 5) is 10.5. The number of benzene rings is 2. The van der Waals surface area contributed by atoms with E-state index >= 15 is 0 Å². The van der Waals surface area contributed by atoms with Gasteiger partial charge in [0.15, 0.2) is 0 Å². The average molecular weight is 429 g/mol. The summed E-state index contributed by atoms with van der Waals surface area (Å²) >= 11 is 0. The van der Waals surface area contributed by atoms with Crippen LogP contribution in [-0.4, -0.2) is 11.5 Å². The van der Waals surface area contributed by atoms with Crippen molar-refractivity contribution in [3.8, 4) is 0 Å². The zero-order chi connectivity index (χ0) is 22.8. The normalized spacial score (nSPS) is 12.6. The van der Waals surface area contributed by atoms with E-state index in [1.165, 1.54) is 44.5 Å². The van der Waals surface area contributed by atoms with Crippen LogP contribution in [0.15, 0.2) is 30.0 Å². The molecular formula is C26H37O3P. The summed E-state index contributed by atoms with van der Waals surface area (Å²) in [5, 5.41) is 0. The molecule has 1 N–H and O–H groups in total. The molecule has 164 valence electrons. The van der Waals surface area contributed by atoms with Crippen molar-refractivity contribution in [2.45, 2.75) is 69.2 Å². The summed E-state index contributed by atoms with van der Waals surface area (Å²) < 4.78 is 11.6. The molecule has 0 saturated heterocycles. The lowest BCUT2D eigenvalue weighted by Gasteiger charge is -2.30. The molecule has 4 heteroatoms. The Morgan fingerprint density at radius 2 is 1.17 bits per heavy atom. The predicted molar refractivity (Wildman–Crippen MR) is 129 cm³/mol. The van der Waals surface area contributed by atoms with E-state index in [1.54, 1.807) is 0 Å². The monoisotopic (exact) mass is 428 g/mol. The molecule has 0 aliphatic carbocycles. The molecule has 0 aliphatic rings. The van der Waals surface area contributed by atoms with Crippen molar-refractivity contribution in [1.82, 2.24) is 0 Å². The Kier molecular flexibility index (Phi) is 7.91. The Morgan fingerprint density at radius 3 is 1.47 bits per heavy atom. The fourth-order valence-electron chi connectivity index (χ4n) is 4.27. The molecule has 0 aliphatic heterocycles. The first-order valence-electron chi connectivity index (χ1n) is 10.6. The SMILES string of the molecule is CCOP(O)OC(=C(c1c(C)cc(C)cc1C)c1c(C)cc(C)cc1C)C(C)(C)C. The Morgan fingerprint density at radius 1 is 0.800 bits per heavy atom. The molecule has 1 unspecified atom stereocenters. The molecule has 2 aromatic carbocycles. The summed E-state index contributed by atoms with van der Waals surface area (Å²) in [5.41, 5.74) is 10.3. The molecule has 0 bridgehead atoms. The van der Waals surface area contributed by atoms with E-state index in [0.717, 1.165) is 11.3 Å². The second-order valence-electron chi connectivity index (χ2n) is 9.25. The lowest BCUT2D eigenvalue weighted by molar-refractivity contribution is 0.212. The minimum atomic E-state index is -2.01. The summed E-state index contributed by atoms with van der Waals surface area (Å²) in [5.74, 6) is 0.759. The molecule has 2 aromatic rings. The third-order valence-electron chi connectivity index (χ3n) is 5.17. The van der Waals surface area contributed by atoms with E-state index in [4.69, 9.17) is 9.05 Å². The number of rotatable bonds is 6. The number of allylic oxidation sites excluding steroid dienone is 1. The zero-order valence-corrected chi connectivity index (χ0v) is 21.1. The minimum absolute atomic E-state index is 0.330. The van der Waals surface area contributed by atoms with Crippen LogP contribution < -0.4 is 0 Å². The Hall–Kier alpha value is -1.67. The summed E-state index contributed by atoms with van der Waals surface area (Å²) in [6.07, 6.45) is 0. The Balaban J connectivity index is 3.01. The van der Waals surface area contributed by atoms with E-state index in [0.29, 0.717) is 6.61 Å². The van der Waals surface area contributed by atoms with Gasteiger partial charge in [-0.25, -0.2) is 0 Å². The zero-order valence-electron chi connectivity index (χ0n) is 20.2. The van der Waals surface area contributed by atoms with Crippen molar-refractivity contribution >= 4 is 14.2 Å². The third-order valence-corrected chi connectivity index (χ3v) is 5.99. The molecule has 1 atom stereocenters.